The van der Waals surface area contributed by atoms with Crippen molar-refractivity contribution in [2.24, 2.45) is 10.9 Å². The second-order valence-corrected chi connectivity index (χ2v) is 4.46. The molecule has 2 nitrogen and oxygen atoms in total. The van der Waals surface area contributed by atoms with Crippen LogP contribution in [0.15, 0.2) is 4.99 Å². The molecule has 0 bridgehead atoms. The SMILES string of the molecule is CC(C)CC(C)NC1=NCCCC1. The molecule has 0 aromatic rings. The zero-order valence-electron chi connectivity index (χ0n) is 9.14. The molecule has 1 heterocycles. The van der Waals surface area contributed by atoms with Crippen LogP contribution in [-0.2, 0) is 0 Å². The molecule has 13 heavy (non-hydrogen) atoms. The van der Waals surface area contributed by atoms with Crippen LogP contribution >= 0.6 is 0 Å². The molecule has 1 aliphatic heterocycles. The number of amidine groups is 1. The number of hydrogen-bond donors (Lipinski definition) is 1. The molecule has 76 valence electrons. The Bertz CT molecular complexity index is 173. The summed E-state index contributed by atoms with van der Waals surface area (Å²) in [6, 6.07) is 0.580. The lowest BCUT2D eigenvalue weighted by Gasteiger charge is -2.20. The average molecular weight is 182 g/mol. The predicted molar refractivity (Wildman–Crippen MR) is 58.2 cm³/mol. The third kappa shape index (κ3) is 4.30. The topological polar surface area (TPSA) is 24.4 Å². The van der Waals surface area contributed by atoms with E-state index < -0.39 is 0 Å². The summed E-state index contributed by atoms with van der Waals surface area (Å²) in [4.78, 5) is 4.48. The van der Waals surface area contributed by atoms with E-state index in [4.69, 9.17) is 0 Å². The second-order valence-electron chi connectivity index (χ2n) is 4.46. The van der Waals surface area contributed by atoms with Crippen molar-refractivity contribution in [3.63, 3.8) is 0 Å². The first-order valence-electron chi connectivity index (χ1n) is 5.48. The second kappa shape index (κ2) is 5.25. The summed E-state index contributed by atoms with van der Waals surface area (Å²) in [6.45, 7) is 7.80. The van der Waals surface area contributed by atoms with Crippen molar-refractivity contribution >= 4 is 5.84 Å². The molecule has 0 aromatic carbocycles. The van der Waals surface area contributed by atoms with E-state index in [1.165, 1.54) is 25.1 Å². The molecule has 0 fully saturated rings. The highest BCUT2D eigenvalue weighted by atomic mass is 15.0. The molecule has 1 aliphatic rings. The fourth-order valence-corrected chi connectivity index (χ4v) is 1.87. The third-order valence-electron chi connectivity index (χ3n) is 2.36. The zero-order chi connectivity index (χ0) is 9.68. The summed E-state index contributed by atoms with van der Waals surface area (Å²) in [5, 5.41) is 3.50. The first kappa shape index (κ1) is 10.6. The quantitative estimate of drug-likeness (QED) is 0.713. The van der Waals surface area contributed by atoms with Crippen LogP contribution in [0, 0.1) is 5.92 Å². The van der Waals surface area contributed by atoms with Gasteiger partial charge in [-0.2, -0.15) is 0 Å². The minimum Gasteiger partial charge on any atom is -0.371 e. The van der Waals surface area contributed by atoms with E-state index in [9.17, 15) is 0 Å². The molecular formula is C11H22N2. The highest BCUT2D eigenvalue weighted by Crippen LogP contribution is 2.08. The number of hydrogen-bond acceptors (Lipinski definition) is 2. The van der Waals surface area contributed by atoms with E-state index in [0.29, 0.717) is 6.04 Å². The van der Waals surface area contributed by atoms with Gasteiger partial charge in [0, 0.05) is 19.0 Å². The average Bonchev–Trinajstić information content (AvgIpc) is 2.04. The molecule has 2 heteroatoms. The van der Waals surface area contributed by atoms with Gasteiger partial charge in [-0.3, -0.25) is 4.99 Å². The van der Waals surface area contributed by atoms with E-state index in [2.05, 4.69) is 31.1 Å². The Morgan fingerprint density at radius 3 is 2.62 bits per heavy atom. The maximum Gasteiger partial charge on any atom is 0.0965 e. The van der Waals surface area contributed by atoms with Crippen LogP contribution in [0.2, 0.25) is 0 Å². The van der Waals surface area contributed by atoms with Crippen LogP contribution in [0.3, 0.4) is 0 Å². The fraction of sp³-hybridized carbons (Fsp3) is 0.909. The van der Waals surface area contributed by atoms with Crippen molar-refractivity contribution in [2.45, 2.75) is 52.5 Å². The monoisotopic (exact) mass is 182 g/mol. The molecule has 0 aliphatic carbocycles. The van der Waals surface area contributed by atoms with Gasteiger partial charge in [0.2, 0.25) is 0 Å². The Morgan fingerprint density at radius 2 is 2.08 bits per heavy atom. The van der Waals surface area contributed by atoms with Crippen LogP contribution in [-0.4, -0.2) is 18.4 Å². The van der Waals surface area contributed by atoms with Crippen LogP contribution in [0.25, 0.3) is 0 Å². The zero-order valence-corrected chi connectivity index (χ0v) is 9.14. The number of aliphatic imine (C=N–C) groups is 1. The summed E-state index contributed by atoms with van der Waals surface area (Å²) in [5.41, 5.74) is 0. The van der Waals surface area contributed by atoms with Gasteiger partial charge in [0.1, 0.15) is 0 Å². The smallest absolute Gasteiger partial charge is 0.0965 e. The Labute approximate surface area is 81.8 Å². The van der Waals surface area contributed by atoms with Crippen molar-refractivity contribution in [1.82, 2.24) is 5.32 Å². The van der Waals surface area contributed by atoms with E-state index in [1.807, 2.05) is 0 Å². The van der Waals surface area contributed by atoms with Gasteiger partial charge in [-0.1, -0.05) is 13.8 Å². The van der Waals surface area contributed by atoms with E-state index >= 15 is 0 Å². The lowest BCUT2D eigenvalue weighted by Crippen LogP contribution is -2.34. The first-order valence-corrected chi connectivity index (χ1v) is 5.48. The Hall–Kier alpha value is -0.530. The molecule has 1 rings (SSSR count). The molecule has 0 saturated heterocycles. The van der Waals surface area contributed by atoms with Crippen molar-refractivity contribution in [3.05, 3.63) is 0 Å². The molecule has 1 unspecified atom stereocenters. The molecule has 0 saturated carbocycles. The summed E-state index contributed by atoms with van der Waals surface area (Å²) in [5.74, 6) is 2.01. The number of rotatable bonds is 3. The molecular weight excluding hydrogens is 160 g/mol. The minimum atomic E-state index is 0.580. The lowest BCUT2D eigenvalue weighted by molar-refractivity contribution is 0.485. The molecule has 0 spiro atoms. The molecule has 0 radical (unpaired) electrons. The van der Waals surface area contributed by atoms with Gasteiger partial charge in [0.25, 0.3) is 0 Å². The van der Waals surface area contributed by atoms with Crippen LogP contribution in [0.4, 0.5) is 0 Å². The van der Waals surface area contributed by atoms with Crippen molar-refractivity contribution in [1.29, 1.82) is 0 Å². The van der Waals surface area contributed by atoms with Gasteiger partial charge in [0.15, 0.2) is 0 Å². The normalized spacial score (nSPS) is 19.8. The van der Waals surface area contributed by atoms with Crippen molar-refractivity contribution in [2.75, 3.05) is 6.54 Å². The lowest BCUT2D eigenvalue weighted by atomic mass is 10.0. The van der Waals surface area contributed by atoms with Gasteiger partial charge in [-0.25, -0.2) is 0 Å². The maximum atomic E-state index is 4.48. The summed E-state index contributed by atoms with van der Waals surface area (Å²) in [6.07, 6.45) is 4.96. The van der Waals surface area contributed by atoms with E-state index in [1.54, 1.807) is 0 Å². The van der Waals surface area contributed by atoms with E-state index in [-0.39, 0.29) is 0 Å². The van der Waals surface area contributed by atoms with Gasteiger partial charge >= 0.3 is 0 Å². The summed E-state index contributed by atoms with van der Waals surface area (Å²) >= 11 is 0. The van der Waals surface area contributed by atoms with Crippen LogP contribution < -0.4 is 5.32 Å². The van der Waals surface area contributed by atoms with E-state index in [0.717, 1.165) is 18.9 Å². The van der Waals surface area contributed by atoms with Gasteiger partial charge in [-0.05, 0) is 32.1 Å². The largest absolute Gasteiger partial charge is 0.371 e. The maximum absolute atomic E-state index is 4.48. The molecule has 1 N–H and O–H groups in total. The van der Waals surface area contributed by atoms with Crippen molar-refractivity contribution < 1.29 is 0 Å². The number of nitrogens with zero attached hydrogens (tertiary/aromatic N) is 1. The first-order chi connectivity index (χ1) is 6.18. The standard InChI is InChI=1S/C11H22N2/c1-9(2)8-10(3)13-11-6-4-5-7-12-11/h9-10H,4-8H2,1-3H3,(H,12,13). The van der Waals surface area contributed by atoms with Gasteiger partial charge < -0.3 is 5.32 Å². The van der Waals surface area contributed by atoms with Crippen LogP contribution in [0.1, 0.15) is 46.5 Å². The highest BCUT2D eigenvalue weighted by Gasteiger charge is 2.09. The molecule has 0 aromatic heterocycles. The highest BCUT2D eigenvalue weighted by molar-refractivity contribution is 5.82. The Kier molecular flexibility index (Phi) is 4.26. The Balaban J connectivity index is 2.26. The fourth-order valence-electron chi connectivity index (χ4n) is 1.87. The summed E-state index contributed by atoms with van der Waals surface area (Å²) in [7, 11) is 0. The van der Waals surface area contributed by atoms with Gasteiger partial charge in [-0.15, -0.1) is 0 Å². The van der Waals surface area contributed by atoms with Crippen LogP contribution in [0.5, 0.6) is 0 Å². The predicted octanol–water partition coefficient (Wildman–Crippen LogP) is 2.59. The minimum absolute atomic E-state index is 0.580. The molecule has 1 atom stereocenters. The van der Waals surface area contributed by atoms with Gasteiger partial charge in [0.05, 0.1) is 5.84 Å². The number of nitrogens with one attached hydrogen (secondary N) is 1. The summed E-state index contributed by atoms with van der Waals surface area (Å²) < 4.78 is 0. The Morgan fingerprint density at radius 1 is 1.31 bits per heavy atom. The third-order valence-corrected chi connectivity index (χ3v) is 2.36. The van der Waals surface area contributed by atoms with Crippen molar-refractivity contribution in [3.8, 4) is 0 Å². The molecule has 0 amide bonds.